The molecule has 0 saturated carbocycles. The quantitative estimate of drug-likeness (QED) is 0.748. The lowest BCUT2D eigenvalue weighted by molar-refractivity contribution is 0.304. The average Bonchev–Trinajstić information content (AvgIpc) is 2.99. The summed E-state index contributed by atoms with van der Waals surface area (Å²) in [6.07, 6.45) is 1.53. The Kier molecular flexibility index (Phi) is 4.75. The van der Waals surface area contributed by atoms with Crippen LogP contribution >= 0.6 is 22.9 Å². The van der Waals surface area contributed by atoms with E-state index in [4.69, 9.17) is 11.6 Å². The minimum absolute atomic E-state index is 0.214. The first kappa shape index (κ1) is 16.1. The van der Waals surface area contributed by atoms with E-state index < -0.39 is 0 Å². The lowest BCUT2D eigenvalue weighted by atomic mass is 10.1. The van der Waals surface area contributed by atoms with Crippen molar-refractivity contribution in [1.29, 1.82) is 0 Å². The maximum atomic E-state index is 14.2. The topological polar surface area (TPSA) is 41.0 Å². The third-order valence-electron chi connectivity index (χ3n) is 3.66. The highest BCUT2D eigenvalue weighted by Crippen LogP contribution is 2.30. The Morgan fingerprint density at radius 3 is 2.87 bits per heavy atom. The van der Waals surface area contributed by atoms with Crippen molar-refractivity contribution in [2.75, 3.05) is 26.0 Å². The minimum Gasteiger partial charge on any atom is -0.367 e. The van der Waals surface area contributed by atoms with E-state index in [-0.39, 0.29) is 11.9 Å². The largest absolute Gasteiger partial charge is 0.367 e. The molecular formula is C16H16ClFN4S. The monoisotopic (exact) mass is 350 g/mol. The number of hydrogen-bond donors (Lipinski definition) is 1. The van der Waals surface area contributed by atoms with Gasteiger partial charge in [-0.1, -0.05) is 17.7 Å². The van der Waals surface area contributed by atoms with Crippen LogP contribution in [-0.2, 0) is 0 Å². The minimum atomic E-state index is -0.304. The fourth-order valence-electron chi connectivity index (χ4n) is 2.48. The zero-order valence-corrected chi connectivity index (χ0v) is 14.3. The van der Waals surface area contributed by atoms with Crippen LogP contribution in [0.5, 0.6) is 0 Å². The number of halogens is 2. The molecule has 120 valence electrons. The zero-order chi connectivity index (χ0) is 16.4. The lowest BCUT2D eigenvalue weighted by Crippen LogP contribution is -2.28. The molecule has 7 heteroatoms. The second kappa shape index (κ2) is 6.78. The van der Waals surface area contributed by atoms with Gasteiger partial charge in [0.1, 0.15) is 18.0 Å². The number of likely N-dealkylation sites (N-methyl/N-ethyl adjacent to an activating group) is 1. The second-order valence-electron chi connectivity index (χ2n) is 5.35. The van der Waals surface area contributed by atoms with E-state index in [0.29, 0.717) is 17.1 Å². The Hall–Kier alpha value is -1.76. The van der Waals surface area contributed by atoms with Crippen molar-refractivity contribution in [1.82, 2.24) is 14.9 Å². The summed E-state index contributed by atoms with van der Waals surface area (Å²) in [7, 11) is 3.80. The smallest absolute Gasteiger partial charge is 0.147 e. The van der Waals surface area contributed by atoms with Crippen molar-refractivity contribution in [3.63, 3.8) is 0 Å². The number of nitrogens with zero attached hydrogens (tertiary/aromatic N) is 3. The van der Waals surface area contributed by atoms with Gasteiger partial charge in [0.15, 0.2) is 0 Å². The summed E-state index contributed by atoms with van der Waals surface area (Å²) < 4.78 is 15.2. The summed E-state index contributed by atoms with van der Waals surface area (Å²) in [5, 5.41) is 5.70. The molecule has 4 nitrogen and oxygen atoms in total. The molecule has 2 aromatic heterocycles. The first-order valence-corrected chi connectivity index (χ1v) is 8.36. The van der Waals surface area contributed by atoms with Crippen LogP contribution in [0.3, 0.4) is 0 Å². The standard InChI is InChI=1S/C16H16ClFN4S/c1-22(2)13(14-10(17)4-3-5-11(14)18)8-19-16-15-12(6-7-23-15)20-9-21-16/h3-7,9,13H,8H2,1-2H3,(H,19,20,21)/t13-/m0/s1. The molecule has 0 radical (unpaired) electrons. The van der Waals surface area contributed by atoms with Gasteiger partial charge in [-0.2, -0.15) is 0 Å². The highest BCUT2D eigenvalue weighted by atomic mass is 35.5. The molecule has 0 unspecified atom stereocenters. The van der Waals surface area contributed by atoms with Gasteiger partial charge in [0.25, 0.3) is 0 Å². The normalized spacial score (nSPS) is 12.7. The van der Waals surface area contributed by atoms with E-state index in [9.17, 15) is 4.39 Å². The lowest BCUT2D eigenvalue weighted by Gasteiger charge is -2.26. The molecule has 0 amide bonds. The molecule has 0 spiro atoms. The number of aromatic nitrogens is 2. The van der Waals surface area contributed by atoms with Gasteiger partial charge in [0.05, 0.1) is 16.3 Å². The number of anilines is 1. The van der Waals surface area contributed by atoms with E-state index >= 15 is 0 Å². The molecule has 3 aromatic rings. The van der Waals surface area contributed by atoms with Crippen LogP contribution < -0.4 is 5.32 Å². The Morgan fingerprint density at radius 1 is 1.30 bits per heavy atom. The fraction of sp³-hybridized carbons (Fsp3) is 0.250. The first-order chi connectivity index (χ1) is 11.1. The van der Waals surface area contributed by atoms with E-state index in [1.54, 1.807) is 23.5 Å². The predicted molar refractivity (Wildman–Crippen MR) is 93.7 cm³/mol. The Balaban J connectivity index is 1.88. The summed E-state index contributed by atoms with van der Waals surface area (Å²) in [6.45, 7) is 0.484. The van der Waals surface area contributed by atoms with Gasteiger partial charge in [0.2, 0.25) is 0 Å². The highest BCUT2D eigenvalue weighted by molar-refractivity contribution is 7.17. The van der Waals surface area contributed by atoms with E-state index in [1.165, 1.54) is 12.4 Å². The molecule has 1 N–H and O–H groups in total. The summed E-state index contributed by atoms with van der Waals surface area (Å²) >= 11 is 7.78. The second-order valence-corrected chi connectivity index (χ2v) is 6.68. The van der Waals surface area contributed by atoms with Crippen LogP contribution in [0.4, 0.5) is 10.2 Å². The molecule has 0 aliphatic carbocycles. The number of benzene rings is 1. The highest BCUT2D eigenvalue weighted by Gasteiger charge is 2.21. The van der Waals surface area contributed by atoms with Gasteiger partial charge in [-0.05, 0) is 37.7 Å². The maximum Gasteiger partial charge on any atom is 0.147 e. The van der Waals surface area contributed by atoms with E-state index in [2.05, 4.69) is 15.3 Å². The molecule has 0 saturated heterocycles. The van der Waals surface area contributed by atoms with Crippen LogP contribution in [0.1, 0.15) is 11.6 Å². The van der Waals surface area contributed by atoms with Crippen LogP contribution in [0.2, 0.25) is 5.02 Å². The molecule has 23 heavy (non-hydrogen) atoms. The Bertz CT molecular complexity index is 800. The van der Waals surface area contributed by atoms with E-state index in [1.807, 2.05) is 30.4 Å². The molecular weight excluding hydrogens is 335 g/mol. The molecule has 0 bridgehead atoms. The summed E-state index contributed by atoms with van der Waals surface area (Å²) in [5.41, 5.74) is 1.39. The van der Waals surface area contributed by atoms with E-state index in [0.717, 1.165) is 16.0 Å². The maximum absolute atomic E-state index is 14.2. The van der Waals surface area contributed by atoms with Gasteiger partial charge < -0.3 is 10.2 Å². The number of nitrogens with one attached hydrogen (secondary N) is 1. The van der Waals surface area contributed by atoms with Crippen molar-refractivity contribution in [3.8, 4) is 0 Å². The molecule has 1 atom stereocenters. The molecule has 0 aliphatic rings. The van der Waals surface area contributed by atoms with Crippen LogP contribution in [0.25, 0.3) is 10.2 Å². The molecule has 0 aliphatic heterocycles. The summed E-state index contributed by atoms with van der Waals surface area (Å²) in [5.74, 6) is 0.450. The van der Waals surface area contributed by atoms with Gasteiger partial charge >= 0.3 is 0 Å². The van der Waals surface area contributed by atoms with Crippen LogP contribution in [0, 0.1) is 5.82 Å². The molecule has 0 fully saturated rings. The Morgan fingerprint density at radius 2 is 2.13 bits per heavy atom. The van der Waals surface area contributed by atoms with Crippen molar-refractivity contribution in [2.24, 2.45) is 0 Å². The number of fused-ring (bicyclic) bond motifs is 1. The average molecular weight is 351 g/mol. The van der Waals surface area contributed by atoms with Crippen LogP contribution in [0.15, 0.2) is 36.0 Å². The third-order valence-corrected chi connectivity index (χ3v) is 4.90. The van der Waals surface area contributed by atoms with Gasteiger partial charge in [-0.3, -0.25) is 0 Å². The van der Waals surface area contributed by atoms with Gasteiger partial charge in [0, 0.05) is 17.1 Å². The number of thiophene rings is 1. The van der Waals surface area contributed by atoms with Crippen molar-refractivity contribution < 1.29 is 4.39 Å². The number of hydrogen-bond acceptors (Lipinski definition) is 5. The van der Waals surface area contributed by atoms with Crippen molar-refractivity contribution in [2.45, 2.75) is 6.04 Å². The number of rotatable bonds is 5. The van der Waals surface area contributed by atoms with Crippen LogP contribution in [-0.4, -0.2) is 35.5 Å². The first-order valence-electron chi connectivity index (χ1n) is 7.10. The molecule has 1 aromatic carbocycles. The molecule has 3 rings (SSSR count). The third kappa shape index (κ3) is 3.29. The van der Waals surface area contributed by atoms with Gasteiger partial charge in [-0.15, -0.1) is 11.3 Å². The van der Waals surface area contributed by atoms with Crippen molar-refractivity contribution in [3.05, 3.63) is 52.4 Å². The zero-order valence-electron chi connectivity index (χ0n) is 12.8. The summed E-state index contributed by atoms with van der Waals surface area (Å²) in [4.78, 5) is 10.4. The summed E-state index contributed by atoms with van der Waals surface area (Å²) in [6, 6.07) is 6.48. The van der Waals surface area contributed by atoms with Gasteiger partial charge in [-0.25, -0.2) is 14.4 Å². The SMILES string of the molecule is CN(C)[C@@H](CNc1ncnc2ccsc12)c1c(F)cccc1Cl. The van der Waals surface area contributed by atoms with Crippen molar-refractivity contribution >= 4 is 39.0 Å². The fourth-order valence-corrected chi connectivity index (χ4v) is 3.58. The Labute approximate surface area is 142 Å². The predicted octanol–water partition coefficient (Wildman–Crippen LogP) is 4.20. The molecule has 2 heterocycles.